The number of nitrogens with zero attached hydrogens (tertiary/aromatic N) is 4. The molecule has 0 unspecified atom stereocenters. The molecule has 1 N–H and O–H groups in total. The van der Waals surface area contributed by atoms with Crippen molar-refractivity contribution in [3.8, 4) is 11.4 Å². The molecule has 34 heavy (non-hydrogen) atoms. The van der Waals surface area contributed by atoms with Crippen LogP contribution in [0.1, 0.15) is 18.1 Å². The topological polar surface area (TPSA) is 74.0 Å². The van der Waals surface area contributed by atoms with Crippen LogP contribution in [0.5, 0.6) is 5.75 Å². The number of aryl methyl sites for hydroxylation is 2. The minimum absolute atomic E-state index is 0.0617. The van der Waals surface area contributed by atoms with Gasteiger partial charge in [0.05, 0.1) is 11.0 Å². The maximum atomic E-state index is 12.7. The summed E-state index contributed by atoms with van der Waals surface area (Å²) in [6, 6.07) is 25.5. The zero-order chi connectivity index (χ0) is 23.3. The van der Waals surface area contributed by atoms with E-state index in [0.29, 0.717) is 19.4 Å². The Morgan fingerprint density at radius 3 is 2.47 bits per heavy atom. The zero-order valence-electron chi connectivity index (χ0n) is 18.9. The van der Waals surface area contributed by atoms with E-state index < -0.39 is 0 Å². The highest BCUT2D eigenvalue weighted by atomic mass is 16.5. The maximum Gasteiger partial charge on any atom is 0.224 e. The third kappa shape index (κ3) is 4.68. The second-order valence-electron chi connectivity index (χ2n) is 8.00. The number of ether oxygens (including phenoxy) is 1. The van der Waals surface area contributed by atoms with Gasteiger partial charge in [-0.1, -0.05) is 30.3 Å². The third-order valence-corrected chi connectivity index (χ3v) is 5.65. The van der Waals surface area contributed by atoms with Gasteiger partial charge in [0, 0.05) is 43.7 Å². The molecule has 5 rings (SSSR count). The Bertz CT molecular complexity index is 1400. The molecule has 170 valence electrons. The fraction of sp³-hybridized carbons (Fsp3) is 0.148. The number of carbonyl (C=O) groups excluding carboxylic acids is 1. The average molecular weight is 452 g/mol. The first kappa shape index (κ1) is 21.5. The van der Waals surface area contributed by atoms with Crippen molar-refractivity contribution in [3.05, 3.63) is 103 Å². The fourth-order valence-electron chi connectivity index (χ4n) is 3.88. The van der Waals surface area contributed by atoms with Gasteiger partial charge in [-0.15, -0.1) is 0 Å². The molecule has 2 heterocycles. The second-order valence-corrected chi connectivity index (χ2v) is 8.00. The number of imidazole rings is 2. The smallest absolute Gasteiger partial charge is 0.224 e. The number of anilines is 1. The van der Waals surface area contributed by atoms with Crippen LogP contribution in [0.15, 0.2) is 91.3 Å². The monoisotopic (exact) mass is 451 g/mol. The lowest BCUT2D eigenvalue weighted by atomic mass is 10.2. The molecule has 0 saturated heterocycles. The van der Waals surface area contributed by atoms with Crippen molar-refractivity contribution in [1.29, 1.82) is 0 Å². The van der Waals surface area contributed by atoms with E-state index in [1.165, 1.54) is 0 Å². The minimum Gasteiger partial charge on any atom is -0.486 e. The van der Waals surface area contributed by atoms with Gasteiger partial charge in [-0.3, -0.25) is 9.36 Å². The van der Waals surface area contributed by atoms with Crippen LogP contribution in [0, 0.1) is 0 Å². The number of benzene rings is 3. The van der Waals surface area contributed by atoms with Crippen LogP contribution in [0.4, 0.5) is 5.69 Å². The first-order valence-corrected chi connectivity index (χ1v) is 11.2. The van der Waals surface area contributed by atoms with Crippen molar-refractivity contribution in [2.24, 2.45) is 7.05 Å². The first-order chi connectivity index (χ1) is 16.7. The van der Waals surface area contributed by atoms with Crippen LogP contribution in [0.25, 0.3) is 16.7 Å². The molecule has 5 aromatic rings. The van der Waals surface area contributed by atoms with E-state index in [1.54, 1.807) is 6.20 Å². The molecule has 0 aliphatic heterocycles. The molecule has 0 saturated carbocycles. The number of hydrogen-bond donors (Lipinski definition) is 1. The van der Waals surface area contributed by atoms with Crippen LogP contribution in [-0.4, -0.2) is 25.0 Å². The molecule has 0 fully saturated rings. The van der Waals surface area contributed by atoms with Crippen LogP contribution in [-0.2, 0) is 24.9 Å². The van der Waals surface area contributed by atoms with Crippen LogP contribution >= 0.6 is 0 Å². The highest BCUT2D eigenvalue weighted by Gasteiger charge is 2.14. The second kappa shape index (κ2) is 9.62. The Hall–Kier alpha value is -4.39. The van der Waals surface area contributed by atoms with E-state index in [-0.39, 0.29) is 5.91 Å². The number of aromatic nitrogens is 4. The van der Waals surface area contributed by atoms with Crippen LogP contribution < -0.4 is 10.1 Å². The summed E-state index contributed by atoms with van der Waals surface area (Å²) in [5.74, 6) is 2.37. The molecular formula is C27H25N5O2. The standard InChI is InChI=1S/C27H25N5O2/c1-31-18-17-28-26(31)19-34-22-13-11-20(12-14-22)29-27(33)16-15-25-30-23-9-5-6-10-24(23)32(25)21-7-3-2-4-8-21/h2-14,17-18H,15-16,19H2,1H3,(H,29,33). The molecule has 0 aliphatic carbocycles. The van der Waals surface area contributed by atoms with Crippen molar-refractivity contribution < 1.29 is 9.53 Å². The molecule has 7 heteroatoms. The Labute approximate surface area is 197 Å². The number of hydrogen-bond acceptors (Lipinski definition) is 4. The normalized spacial score (nSPS) is 11.0. The highest BCUT2D eigenvalue weighted by molar-refractivity contribution is 5.91. The lowest BCUT2D eigenvalue weighted by Crippen LogP contribution is -2.13. The van der Waals surface area contributed by atoms with Crippen LogP contribution in [0.2, 0.25) is 0 Å². The maximum absolute atomic E-state index is 12.7. The summed E-state index contributed by atoms with van der Waals surface area (Å²) in [7, 11) is 1.93. The van der Waals surface area contributed by atoms with Gasteiger partial charge in [-0.05, 0) is 48.5 Å². The number of amides is 1. The van der Waals surface area contributed by atoms with E-state index in [1.807, 2.05) is 78.5 Å². The number of nitrogens with one attached hydrogen (secondary N) is 1. The SMILES string of the molecule is Cn1ccnc1COc1ccc(NC(=O)CCc2nc3ccccc3n2-c2ccccc2)cc1. The van der Waals surface area contributed by atoms with Crippen molar-refractivity contribution in [2.75, 3.05) is 5.32 Å². The molecular weight excluding hydrogens is 426 g/mol. The van der Waals surface area contributed by atoms with Gasteiger partial charge in [0.1, 0.15) is 24.0 Å². The van der Waals surface area contributed by atoms with E-state index in [2.05, 4.69) is 33.1 Å². The molecule has 0 bridgehead atoms. The predicted molar refractivity (Wildman–Crippen MR) is 132 cm³/mol. The van der Waals surface area contributed by atoms with Gasteiger partial charge in [-0.25, -0.2) is 9.97 Å². The van der Waals surface area contributed by atoms with Gasteiger partial charge in [0.25, 0.3) is 0 Å². The van der Waals surface area contributed by atoms with Crippen molar-refractivity contribution >= 4 is 22.6 Å². The Balaban J connectivity index is 1.22. The van der Waals surface area contributed by atoms with Crippen molar-refractivity contribution in [2.45, 2.75) is 19.4 Å². The first-order valence-electron chi connectivity index (χ1n) is 11.2. The molecule has 0 spiro atoms. The molecule has 0 radical (unpaired) electrons. The molecule has 2 aromatic heterocycles. The zero-order valence-corrected chi connectivity index (χ0v) is 18.9. The number of carbonyl (C=O) groups is 1. The fourth-order valence-corrected chi connectivity index (χ4v) is 3.88. The highest BCUT2D eigenvalue weighted by Crippen LogP contribution is 2.23. The summed E-state index contributed by atoms with van der Waals surface area (Å²) < 4.78 is 9.81. The molecule has 7 nitrogen and oxygen atoms in total. The van der Waals surface area contributed by atoms with Gasteiger partial charge in [-0.2, -0.15) is 0 Å². The van der Waals surface area contributed by atoms with E-state index in [4.69, 9.17) is 9.72 Å². The predicted octanol–water partition coefficient (Wildman–Crippen LogP) is 4.91. The summed E-state index contributed by atoms with van der Waals surface area (Å²) in [5.41, 5.74) is 3.71. The summed E-state index contributed by atoms with van der Waals surface area (Å²) >= 11 is 0. The summed E-state index contributed by atoms with van der Waals surface area (Å²) in [6.45, 7) is 0.387. The van der Waals surface area contributed by atoms with Gasteiger partial charge in [0.15, 0.2) is 0 Å². The number of rotatable bonds is 8. The van der Waals surface area contributed by atoms with E-state index >= 15 is 0 Å². The summed E-state index contributed by atoms with van der Waals surface area (Å²) in [6.07, 6.45) is 4.48. The minimum atomic E-state index is -0.0617. The van der Waals surface area contributed by atoms with Crippen molar-refractivity contribution in [1.82, 2.24) is 19.1 Å². The molecule has 0 aliphatic rings. The summed E-state index contributed by atoms with van der Waals surface area (Å²) in [5, 5.41) is 2.96. The van der Waals surface area contributed by atoms with E-state index in [9.17, 15) is 4.79 Å². The van der Waals surface area contributed by atoms with Gasteiger partial charge in [0.2, 0.25) is 5.91 Å². The molecule has 1 amide bonds. The molecule has 3 aromatic carbocycles. The van der Waals surface area contributed by atoms with Gasteiger partial charge < -0.3 is 14.6 Å². The number of fused-ring (bicyclic) bond motifs is 1. The third-order valence-electron chi connectivity index (χ3n) is 5.65. The Kier molecular flexibility index (Phi) is 6.07. The lowest BCUT2D eigenvalue weighted by Gasteiger charge is -2.10. The number of para-hydroxylation sites is 3. The van der Waals surface area contributed by atoms with Crippen LogP contribution in [0.3, 0.4) is 0 Å². The largest absolute Gasteiger partial charge is 0.486 e. The van der Waals surface area contributed by atoms with Crippen molar-refractivity contribution in [3.63, 3.8) is 0 Å². The summed E-state index contributed by atoms with van der Waals surface area (Å²) in [4.78, 5) is 21.7. The Morgan fingerprint density at radius 2 is 1.71 bits per heavy atom. The Morgan fingerprint density at radius 1 is 0.941 bits per heavy atom. The lowest BCUT2D eigenvalue weighted by molar-refractivity contribution is -0.116. The molecule has 0 atom stereocenters. The quantitative estimate of drug-likeness (QED) is 0.364. The van der Waals surface area contributed by atoms with E-state index in [0.717, 1.165) is 39.8 Å². The van der Waals surface area contributed by atoms with Gasteiger partial charge >= 0.3 is 0 Å². The average Bonchev–Trinajstić information content (AvgIpc) is 3.45.